The van der Waals surface area contributed by atoms with E-state index in [1.807, 2.05) is 11.4 Å². The normalized spacial score (nSPS) is 10.9. The van der Waals surface area contributed by atoms with Crippen molar-refractivity contribution in [3.63, 3.8) is 0 Å². The minimum atomic E-state index is -0.0576. The molecule has 19 heavy (non-hydrogen) atoms. The van der Waals surface area contributed by atoms with Crippen molar-refractivity contribution < 1.29 is 5.11 Å². The molecule has 0 amide bonds. The van der Waals surface area contributed by atoms with Crippen LogP contribution < -0.4 is 5.56 Å². The van der Waals surface area contributed by atoms with Gasteiger partial charge in [-0.25, -0.2) is 4.98 Å². The van der Waals surface area contributed by atoms with E-state index in [4.69, 9.17) is 0 Å². The zero-order valence-electron chi connectivity index (χ0n) is 9.81. The summed E-state index contributed by atoms with van der Waals surface area (Å²) in [5, 5.41) is 11.2. The van der Waals surface area contributed by atoms with E-state index in [0.29, 0.717) is 10.7 Å². The third kappa shape index (κ3) is 2.64. The van der Waals surface area contributed by atoms with Gasteiger partial charge in [0.15, 0.2) is 4.96 Å². The molecule has 0 radical (unpaired) electrons. The van der Waals surface area contributed by atoms with E-state index in [1.54, 1.807) is 42.2 Å². The Morgan fingerprint density at radius 2 is 2.26 bits per heavy atom. The largest absolute Gasteiger partial charge is 0.508 e. The number of phenols is 1. The van der Waals surface area contributed by atoms with Crippen molar-refractivity contribution in [1.29, 1.82) is 0 Å². The molecule has 0 unspecified atom stereocenters. The fourth-order valence-electron chi connectivity index (χ4n) is 1.69. The fraction of sp³-hybridized carbons (Fsp3) is 0.0769. The van der Waals surface area contributed by atoms with E-state index in [-0.39, 0.29) is 11.3 Å². The third-order valence-corrected chi connectivity index (χ3v) is 4.34. The molecule has 1 N–H and O–H groups in total. The van der Waals surface area contributed by atoms with Gasteiger partial charge >= 0.3 is 0 Å². The first kappa shape index (κ1) is 12.3. The van der Waals surface area contributed by atoms with Gasteiger partial charge in [-0.1, -0.05) is 6.07 Å². The maximum absolute atomic E-state index is 11.8. The van der Waals surface area contributed by atoms with Gasteiger partial charge in [-0.15, -0.1) is 23.1 Å². The highest BCUT2D eigenvalue weighted by Crippen LogP contribution is 2.24. The number of aromatic hydroxyl groups is 1. The molecule has 3 aromatic rings. The van der Waals surface area contributed by atoms with Crippen LogP contribution in [0.15, 0.2) is 51.6 Å². The van der Waals surface area contributed by atoms with Crippen LogP contribution in [0.5, 0.6) is 5.75 Å². The highest BCUT2D eigenvalue weighted by atomic mass is 32.2. The maximum atomic E-state index is 11.8. The Balaban J connectivity index is 1.83. The van der Waals surface area contributed by atoms with Gasteiger partial charge in [-0.05, 0) is 18.2 Å². The molecule has 4 nitrogen and oxygen atoms in total. The molecule has 1 aromatic carbocycles. The molecule has 2 heterocycles. The van der Waals surface area contributed by atoms with Gasteiger partial charge in [0, 0.05) is 28.3 Å². The Hall–Kier alpha value is -1.79. The van der Waals surface area contributed by atoms with Crippen LogP contribution in [0.25, 0.3) is 4.96 Å². The van der Waals surface area contributed by atoms with Crippen LogP contribution in [0.1, 0.15) is 5.69 Å². The average Bonchev–Trinajstić information content (AvgIpc) is 2.85. The summed E-state index contributed by atoms with van der Waals surface area (Å²) in [7, 11) is 0. The fourth-order valence-corrected chi connectivity index (χ4v) is 3.27. The molecular formula is C13H10N2O2S2. The van der Waals surface area contributed by atoms with Gasteiger partial charge in [0.25, 0.3) is 5.56 Å². The zero-order valence-corrected chi connectivity index (χ0v) is 11.4. The quantitative estimate of drug-likeness (QED) is 0.754. The number of aromatic nitrogens is 2. The van der Waals surface area contributed by atoms with Crippen LogP contribution in [-0.4, -0.2) is 14.5 Å². The number of rotatable bonds is 3. The summed E-state index contributed by atoms with van der Waals surface area (Å²) < 4.78 is 1.53. The number of phenolic OH excluding ortho intramolecular Hbond substituents is 1. The number of thioether (sulfide) groups is 1. The van der Waals surface area contributed by atoms with Gasteiger partial charge in [-0.2, -0.15) is 0 Å². The average molecular weight is 290 g/mol. The van der Waals surface area contributed by atoms with Crippen molar-refractivity contribution in [3.05, 3.63) is 58.0 Å². The van der Waals surface area contributed by atoms with Crippen molar-refractivity contribution in [3.8, 4) is 5.75 Å². The van der Waals surface area contributed by atoms with Gasteiger partial charge in [0.05, 0.1) is 5.69 Å². The highest BCUT2D eigenvalue weighted by Gasteiger charge is 2.04. The van der Waals surface area contributed by atoms with Crippen LogP contribution in [0.3, 0.4) is 0 Å². The summed E-state index contributed by atoms with van der Waals surface area (Å²) in [5.74, 6) is 0.847. The number of benzene rings is 1. The monoisotopic (exact) mass is 290 g/mol. The van der Waals surface area contributed by atoms with Crippen molar-refractivity contribution in [2.45, 2.75) is 10.6 Å². The maximum Gasteiger partial charge on any atom is 0.258 e. The van der Waals surface area contributed by atoms with Crippen LogP contribution in [0, 0.1) is 0 Å². The molecule has 0 aliphatic heterocycles. The lowest BCUT2D eigenvalue weighted by atomic mass is 10.3. The SMILES string of the molecule is O=c1cc(CSc2cccc(O)c2)nc2sccn12. The molecule has 0 saturated carbocycles. The first-order valence-electron chi connectivity index (χ1n) is 5.60. The summed E-state index contributed by atoms with van der Waals surface area (Å²) >= 11 is 2.98. The van der Waals surface area contributed by atoms with Crippen LogP contribution in [0.2, 0.25) is 0 Å². The van der Waals surface area contributed by atoms with Crippen molar-refractivity contribution in [2.24, 2.45) is 0 Å². The lowest BCUT2D eigenvalue weighted by Crippen LogP contribution is -2.12. The number of fused-ring (bicyclic) bond motifs is 1. The Labute approximate surface area is 117 Å². The molecule has 0 aliphatic rings. The lowest BCUT2D eigenvalue weighted by Gasteiger charge is -2.02. The third-order valence-electron chi connectivity index (χ3n) is 2.56. The molecular weight excluding hydrogens is 280 g/mol. The van der Waals surface area contributed by atoms with Crippen molar-refractivity contribution in [1.82, 2.24) is 9.38 Å². The second-order valence-corrected chi connectivity index (χ2v) is 5.85. The van der Waals surface area contributed by atoms with Crippen LogP contribution >= 0.6 is 23.1 Å². The Morgan fingerprint density at radius 1 is 1.37 bits per heavy atom. The van der Waals surface area contributed by atoms with E-state index in [1.165, 1.54) is 15.7 Å². The van der Waals surface area contributed by atoms with E-state index in [2.05, 4.69) is 4.98 Å². The Morgan fingerprint density at radius 3 is 3.11 bits per heavy atom. The number of thiazole rings is 1. The summed E-state index contributed by atoms with van der Waals surface area (Å²) in [4.78, 5) is 17.9. The smallest absolute Gasteiger partial charge is 0.258 e. The molecule has 6 heteroatoms. The van der Waals surface area contributed by atoms with Gasteiger partial charge < -0.3 is 5.11 Å². The van der Waals surface area contributed by atoms with Crippen molar-refractivity contribution >= 4 is 28.1 Å². The minimum Gasteiger partial charge on any atom is -0.508 e. The molecule has 96 valence electrons. The molecule has 3 rings (SSSR count). The lowest BCUT2D eigenvalue weighted by molar-refractivity contribution is 0.474. The Kier molecular flexibility index (Phi) is 3.27. The molecule has 0 aliphatic carbocycles. The number of hydrogen-bond donors (Lipinski definition) is 1. The Bertz CT molecular complexity index is 779. The number of nitrogens with zero attached hydrogens (tertiary/aromatic N) is 2. The predicted molar refractivity (Wildman–Crippen MR) is 77.0 cm³/mol. The van der Waals surface area contributed by atoms with Gasteiger partial charge in [0.1, 0.15) is 5.75 Å². The first-order chi connectivity index (χ1) is 9.22. The number of hydrogen-bond acceptors (Lipinski definition) is 5. The zero-order chi connectivity index (χ0) is 13.2. The molecule has 0 atom stereocenters. The summed E-state index contributed by atoms with van der Waals surface area (Å²) in [6.45, 7) is 0. The second kappa shape index (κ2) is 5.07. The van der Waals surface area contributed by atoms with Gasteiger partial charge in [-0.3, -0.25) is 9.20 Å². The van der Waals surface area contributed by atoms with Crippen molar-refractivity contribution in [2.75, 3.05) is 0 Å². The molecule has 0 fully saturated rings. The van der Waals surface area contributed by atoms with E-state index >= 15 is 0 Å². The second-order valence-electron chi connectivity index (χ2n) is 3.93. The molecule has 2 aromatic heterocycles. The predicted octanol–water partition coefficient (Wildman–Crippen LogP) is 2.75. The summed E-state index contributed by atoms with van der Waals surface area (Å²) in [6.07, 6.45) is 1.72. The highest BCUT2D eigenvalue weighted by molar-refractivity contribution is 7.98. The van der Waals surface area contributed by atoms with E-state index < -0.39 is 0 Å². The molecule has 0 bridgehead atoms. The minimum absolute atomic E-state index is 0.0576. The van der Waals surface area contributed by atoms with E-state index in [9.17, 15) is 9.90 Å². The standard InChI is InChI=1S/C13H10N2O2S2/c16-10-2-1-3-11(7-10)19-8-9-6-12(17)15-4-5-18-13(15)14-9/h1-7,16H,8H2. The summed E-state index contributed by atoms with van der Waals surface area (Å²) in [5.41, 5.74) is 0.693. The van der Waals surface area contributed by atoms with Crippen LogP contribution in [-0.2, 0) is 5.75 Å². The van der Waals surface area contributed by atoms with Gasteiger partial charge in [0.2, 0.25) is 0 Å². The summed E-state index contributed by atoms with van der Waals surface area (Å²) in [6, 6.07) is 8.59. The molecule has 0 spiro atoms. The van der Waals surface area contributed by atoms with Crippen LogP contribution in [0.4, 0.5) is 0 Å². The topological polar surface area (TPSA) is 54.6 Å². The molecule has 0 saturated heterocycles. The first-order valence-corrected chi connectivity index (χ1v) is 7.46. The van der Waals surface area contributed by atoms with E-state index in [0.717, 1.165) is 10.6 Å².